The number of nitriles is 1. The van der Waals surface area contributed by atoms with Crippen LogP contribution in [0.1, 0.15) is 48.8 Å². The van der Waals surface area contributed by atoms with Crippen molar-refractivity contribution in [3.8, 4) is 62.5 Å². The fourth-order valence-electron chi connectivity index (χ4n) is 7.37. The fourth-order valence-corrected chi connectivity index (χ4v) is 7.37. The van der Waals surface area contributed by atoms with Crippen molar-refractivity contribution in [2.75, 3.05) is 0 Å². The van der Waals surface area contributed by atoms with E-state index in [9.17, 15) is 5.26 Å². The van der Waals surface area contributed by atoms with E-state index in [2.05, 4.69) is 60.7 Å². The maximum atomic E-state index is 9.81. The van der Waals surface area contributed by atoms with Crippen molar-refractivity contribution in [3.05, 3.63) is 138 Å². The highest BCUT2D eigenvalue weighted by molar-refractivity contribution is 5.96. The molecule has 2 aliphatic rings. The summed E-state index contributed by atoms with van der Waals surface area (Å²) >= 11 is 0. The van der Waals surface area contributed by atoms with Gasteiger partial charge < -0.3 is 0 Å². The summed E-state index contributed by atoms with van der Waals surface area (Å²) in [5, 5.41) is 9.81. The van der Waals surface area contributed by atoms with Gasteiger partial charge in [0.2, 0.25) is 0 Å². The van der Waals surface area contributed by atoms with E-state index >= 15 is 0 Å². The van der Waals surface area contributed by atoms with Crippen molar-refractivity contribution in [2.45, 2.75) is 37.5 Å². The summed E-state index contributed by atoms with van der Waals surface area (Å²) in [6.45, 7) is 0. The van der Waals surface area contributed by atoms with E-state index in [0.717, 1.165) is 40.7 Å². The molecule has 210 valence electrons. The van der Waals surface area contributed by atoms with Crippen LogP contribution < -0.4 is 0 Å². The lowest BCUT2D eigenvalue weighted by Crippen LogP contribution is -2.28. The van der Waals surface area contributed by atoms with Crippen LogP contribution in [0.25, 0.3) is 56.4 Å². The molecule has 0 radical (unpaired) electrons. The lowest BCUT2D eigenvalue weighted by molar-refractivity contribution is 0.353. The molecule has 0 unspecified atom stereocenters. The molecule has 1 fully saturated rings. The van der Waals surface area contributed by atoms with Crippen LogP contribution in [0, 0.1) is 11.3 Å². The van der Waals surface area contributed by atoms with Crippen molar-refractivity contribution in [3.63, 3.8) is 0 Å². The van der Waals surface area contributed by atoms with Crippen molar-refractivity contribution >= 4 is 0 Å². The SMILES string of the molecule is N#Cc1ccc2c(c1)C1(CCCCC1)c1cccc(-c3ccccc3-c3nc(-c4ccccc4)nc(-c4ccccc4)n3)c1-2. The summed E-state index contributed by atoms with van der Waals surface area (Å²) in [5.74, 6) is 1.95. The first-order valence-electron chi connectivity index (χ1n) is 15.4. The molecule has 1 saturated carbocycles. The number of aromatic nitrogens is 3. The largest absolute Gasteiger partial charge is 0.208 e. The average molecular weight is 567 g/mol. The quantitative estimate of drug-likeness (QED) is 0.213. The minimum atomic E-state index is -0.0468. The van der Waals surface area contributed by atoms with Crippen LogP contribution in [-0.2, 0) is 5.41 Å². The number of fused-ring (bicyclic) bond motifs is 5. The molecule has 1 heterocycles. The molecule has 0 atom stereocenters. The van der Waals surface area contributed by atoms with Gasteiger partial charge in [-0.2, -0.15) is 5.26 Å². The highest BCUT2D eigenvalue weighted by atomic mass is 15.0. The molecule has 4 nitrogen and oxygen atoms in total. The molecule has 0 aliphatic heterocycles. The second-order valence-corrected chi connectivity index (χ2v) is 11.8. The first kappa shape index (κ1) is 26.2. The maximum Gasteiger partial charge on any atom is 0.164 e. The Morgan fingerprint density at radius 1 is 0.500 bits per heavy atom. The molecule has 2 aliphatic carbocycles. The Kier molecular flexibility index (Phi) is 6.38. The first-order valence-corrected chi connectivity index (χ1v) is 15.4. The molecule has 8 rings (SSSR count). The molecule has 44 heavy (non-hydrogen) atoms. The van der Waals surface area contributed by atoms with Crippen LogP contribution >= 0.6 is 0 Å². The Morgan fingerprint density at radius 2 is 1.09 bits per heavy atom. The van der Waals surface area contributed by atoms with Gasteiger partial charge in [0, 0.05) is 22.1 Å². The highest BCUT2D eigenvalue weighted by Crippen LogP contribution is 2.58. The molecule has 6 aromatic rings. The standard InChI is InChI=1S/C40H30N4/c41-26-27-21-22-33-35(25-27)40(23-10-3-11-24-40)34-20-12-19-31(36(33)34)30-17-8-9-18-32(30)39-43-37(28-13-4-1-5-14-28)42-38(44-39)29-15-6-2-7-16-29/h1-2,4-9,12-22,25H,3,10-11,23-24H2. The van der Waals surface area contributed by atoms with E-state index in [1.807, 2.05) is 66.7 Å². The third-order valence-corrected chi connectivity index (χ3v) is 9.38. The molecule has 1 spiro atoms. The van der Waals surface area contributed by atoms with E-state index in [-0.39, 0.29) is 5.41 Å². The van der Waals surface area contributed by atoms with Gasteiger partial charge in [-0.1, -0.05) is 128 Å². The van der Waals surface area contributed by atoms with Crippen LogP contribution in [0.3, 0.4) is 0 Å². The molecule has 0 saturated heterocycles. The van der Waals surface area contributed by atoms with Crippen molar-refractivity contribution in [2.24, 2.45) is 0 Å². The van der Waals surface area contributed by atoms with Gasteiger partial charge in [0.05, 0.1) is 11.6 Å². The third kappa shape index (κ3) is 4.24. The highest BCUT2D eigenvalue weighted by Gasteiger charge is 2.44. The van der Waals surface area contributed by atoms with Crippen LogP contribution in [0.2, 0.25) is 0 Å². The number of hydrogen-bond donors (Lipinski definition) is 0. The summed E-state index contributed by atoms with van der Waals surface area (Å²) in [6, 6.07) is 44.2. The molecule has 1 aromatic heterocycles. The molecule has 0 N–H and O–H groups in total. The topological polar surface area (TPSA) is 62.5 Å². The smallest absolute Gasteiger partial charge is 0.164 e. The molecular formula is C40H30N4. The number of nitrogens with zero attached hydrogens (tertiary/aromatic N) is 4. The first-order chi connectivity index (χ1) is 21.7. The van der Waals surface area contributed by atoms with Crippen LogP contribution in [0.15, 0.2) is 121 Å². The maximum absolute atomic E-state index is 9.81. The Morgan fingerprint density at radius 3 is 1.75 bits per heavy atom. The normalized spacial score (nSPS) is 14.5. The summed E-state index contributed by atoms with van der Waals surface area (Å²) in [4.78, 5) is 15.1. The summed E-state index contributed by atoms with van der Waals surface area (Å²) in [6.07, 6.45) is 5.89. The van der Waals surface area contributed by atoms with Gasteiger partial charge in [0.15, 0.2) is 17.5 Å². The van der Waals surface area contributed by atoms with E-state index < -0.39 is 0 Å². The van der Waals surface area contributed by atoms with Crippen LogP contribution in [-0.4, -0.2) is 15.0 Å². The van der Waals surface area contributed by atoms with Gasteiger partial charge in [0.1, 0.15) is 0 Å². The number of hydrogen-bond acceptors (Lipinski definition) is 4. The molecule has 0 bridgehead atoms. The summed E-state index contributed by atoms with van der Waals surface area (Å²) < 4.78 is 0. The zero-order valence-corrected chi connectivity index (χ0v) is 24.4. The fraction of sp³-hybridized carbons (Fsp3) is 0.150. The van der Waals surface area contributed by atoms with Gasteiger partial charge in [-0.05, 0) is 58.4 Å². The van der Waals surface area contributed by atoms with Crippen molar-refractivity contribution in [1.29, 1.82) is 5.26 Å². The van der Waals surface area contributed by atoms with E-state index in [0.29, 0.717) is 17.5 Å². The molecular weight excluding hydrogens is 536 g/mol. The van der Waals surface area contributed by atoms with Crippen molar-refractivity contribution in [1.82, 2.24) is 15.0 Å². The van der Waals surface area contributed by atoms with Gasteiger partial charge in [-0.15, -0.1) is 0 Å². The number of benzene rings is 5. The van der Waals surface area contributed by atoms with Gasteiger partial charge in [-0.3, -0.25) is 0 Å². The van der Waals surface area contributed by atoms with Crippen LogP contribution in [0.5, 0.6) is 0 Å². The molecule has 0 amide bonds. The van der Waals surface area contributed by atoms with Crippen LogP contribution in [0.4, 0.5) is 0 Å². The lowest BCUT2D eigenvalue weighted by Gasteiger charge is -2.36. The second-order valence-electron chi connectivity index (χ2n) is 11.8. The second kappa shape index (κ2) is 10.7. The Bertz CT molecular complexity index is 1990. The minimum absolute atomic E-state index is 0.0468. The van der Waals surface area contributed by atoms with E-state index in [4.69, 9.17) is 15.0 Å². The number of rotatable bonds is 4. The Hall–Kier alpha value is -5.40. The zero-order valence-electron chi connectivity index (χ0n) is 24.4. The summed E-state index contributed by atoms with van der Waals surface area (Å²) in [5.41, 5.74) is 11.1. The average Bonchev–Trinajstić information content (AvgIpc) is 3.37. The van der Waals surface area contributed by atoms with E-state index in [1.54, 1.807) is 0 Å². The monoisotopic (exact) mass is 566 g/mol. The van der Waals surface area contributed by atoms with Gasteiger partial charge in [-0.25, -0.2) is 15.0 Å². The van der Waals surface area contributed by atoms with Crippen molar-refractivity contribution < 1.29 is 0 Å². The Balaban J connectivity index is 1.36. The molecule has 5 aromatic carbocycles. The molecule has 4 heteroatoms. The Labute approximate surface area is 257 Å². The lowest BCUT2D eigenvalue weighted by atomic mass is 9.67. The summed E-state index contributed by atoms with van der Waals surface area (Å²) in [7, 11) is 0. The minimum Gasteiger partial charge on any atom is -0.208 e. The third-order valence-electron chi connectivity index (χ3n) is 9.38. The van der Waals surface area contributed by atoms with E-state index in [1.165, 1.54) is 47.1 Å². The zero-order chi connectivity index (χ0) is 29.5. The predicted molar refractivity (Wildman–Crippen MR) is 176 cm³/mol. The predicted octanol–water partition coefficient (Wildman–Crippen LogP) is 9.64. The van der Waals surface area contributed by atoms with Gasteiger partial charge >= 0.3 is 0 Å². The van der Waals surface area contributed by atoms with Gasteiger partial charge in [0.25, 0.3) is 0 Å².